The highest BCUT2D eigenvalue weighted by molar-refractivity contribution is 5.73. The Morgan fingerprint density at radius 3 is 2.52 bits per heavy atom. The van der Waals surface area contributed by atoms with Gasteiger partial charge in [-0.3, -0.25) is 4.79 Å². The van der Waals surface area contributed by atoms with Crippen LogP contribution in [-0.2, 0) is 33.2 Å². The van der Waals surface area contributed by atoms with Crippen LogP contribution < -0.4 is 5.32 Å². The smallest absolute Gasteiger partial charge is 0.217 e. The maximum absolute atomic E-state index is 11.6. The Morgan fingerprint density at radius 1 is 1.15 bits per heavy atom. The monoisotopic (exact) mass is 479 g/mol. The number of amides is 1. The molecule has 0 aliphatic carbocycles. The highest BCUT2D eigenvalue weighted by Gasteiger charge is 2.57. The summed E-state index contributed by atoms with van der Waals surface area (Å²) in [6.45, 7) is 6.41. The summed E-state index contributed by atoms with van der Waals surface area (Å²) in [5, 5.41) is 43.3. The number of fused-ring (bicyclic) bond motifs is 1. The topological polar surface area (TPSA) is 165 Å². The molecule has 0 spiro atoms. The van der Waals surface area contributed by atoms with Gasteiger partial charge in [0.25, 0.3) is 0 Å². The molecule has 12 nitrogen and oxygen atoms in total. The van der Waals surface area contributed by atoms with Crippen molar-refractivity contribution in [1.29, 1.82) is 0 Å². The van der Waals surface area contributed by atoms with Gasteiger partial charge in [-0.2, -0.15) is 0 Å². The van der Waals surface area contributed by atoms with E-state index in [0.29, 0.717) is 6.61 Å². The molecule has 3 aliphatic rings. The standard InChI is InChI=1S/C21H37NO11/c1-5-6-7-28-17-16(31-20-18(17)32-21(3,4)33-20)11(25)9-29-19-13(22-10(2)24)15(27)14(26)12(8-23)30-19/h11-20,23,25-27H,5-9H2,1-4H3,(H,22,24)/t11-,12+,13-,14-,15+,16-,17-,18+,19+,20+/m1/s1. The second-order valence-electron chi connectivity index (χ2n) is 9.09. The van der Waals surface area contributed by atoms with Crippen LogP contribution >= 0.6 is 0 Å². The zero-order valence-electron chi connectivity index (χ0n) is 19.5. The van der Waals surface area contributed by atoms with Gasteiger partial charge < -0.3 is 54.2 Å². The van der Waals surface area contributed by atoms with Crippen LogP contribution in [0.15, 0.2) is 0 Å². The second-order valence-corrected chi connectivity index (χ2v) is 9.09. The number of carbonyl (C=O) groups excluding carboxylic acids is 1. The summed E-state index contributed by atoms with van der Waals surface area (Å²) < 4.78 is 34.8. The molecule has 10 atom stereocenters. The van der Waals surface area contributed by atoms with Gasteiger partial charge in [0, 0.05) is 13.5 Å². The van der Waals surface area contributed by atoms with Gasteiger partial charge in [0.05, 0.1) is 13.2 Å². The maximum atomic E-state index is 11.6. The van der Waals surface area contributed by atoms with E-state index in [-0.39, 0.29) is 6.61 Å². The molecule has 1 amide bonds. The minimum Gasteiger partial charge on any atom is -0.394 e. The summed E-state index contributed by atoms with van der Waals surface area (Å²) in [5.74, 6) is -1.31. The number of unbranched alkanes of at least 4 members (excludes halogenated alkanes) is 1. The lowest BCUT2D eigenvalue weighted by molar-refractivity contribution is -0.280. The molecule has 3 fully saturated rings. The van der Waals surface area contributed by atoms with Crippen molar-refractivity contribution < 1.29 is 53.6 Å². The fourth-order valence-electron chi connectivity index (χ4n) is 4.27. The summed E-state index contributed by atoms with van der Waals surface area (Å²) in [6, 6.07) is -1.11. The van der Waals surface area contributed by atoms with Gasteiger partial charge in [-0.25, -0.2) is 0 Å². The predicted molar refractivity (Wildman–Crippen MR) is 111 cm³/mol. The van der Waals surface area contributed by atoms with Gasteiger partial charge in [0.1, 0.15) is 48.8 Å². The van der Waals surface area contributed by atoms with E-state index < -0.39 is 79.7 Å². The molecule has 192 valence electrons. The van der Waals surface area contributed by atoms with Gasteiger partial charge in [-0.05, 0) is 20.3 Å². The Morgan fingerprint density at radius 2 is 1.88 bits per heavy atom. The van der Waals surface area contributed by atoms with E-state index in [1.807, 2.05) is 6.92 Å². The number of hydrogen-bond donors (Lipinski definition) is 5. The van der Waals surface area contributed by atoms with Crippen molar-refractivity contribution in [2.45, 2.75) is 108 Å². The van der Waals surface area contributed by atoms with Crippen LogP contribution in [0.25, 0.3) is 0 Å². The first-order valence-corrected chi connectivity index (χ1v) is 11.4. The number of ether oxygens (including phenoxy) is 6. The van der Waals surface area contributed by atoms with Crippen LogP contribution in [0.2, 0.25) is 0 Å². The Bertz CT molecular complexity index is 650. The van der Waals surface area contributed by atoms with E-state index in [1.54, 1.807) is 13.8 Å². The molecule has 5 N–H and O–H groups in total. The number of nitrogens with one attached hydrogen (secondary N) is 1. The van der Waals surface area contributed by atoms with Crippen LogP contribution in [0.1, 0.15) is 40.5 Å². The van der Waals surface area contributed by atoms with Crippen molar-refractivity contribution in [3.63, 3.8) is 0 Å². The van der Waals surface area contributed by atoms with Crippen molar-refractivity contribution in [1.82, 2.24) is 5.32 Å². The molecule has 3 heterocycles. The molecule has 0 aromatic heterocycles. The Labute approximate surface area is 193 Å². The SMILES string of the molecule is CCCCO[C@H]1[C@@H]2OC(C)(C)O[C@@H]2O[C@@H]1[C@H](O)CO[C@H]1O[C@@H](CO)[C@@H](O)[C@@H](O)[C@H]1NC(C)=O. The molecule has 0 unspecified atom stereocenters. The summed E-state index contributed by atoms with van der Waals surface area (Å²) >= 11 is 0. The normalized spacial score (nSPS) is 41.0. The predicted octanol–water partition coefficient (Wildman–Crippen LogP) is -1.63. The fourth-order valence-corrected chi connectivity index (χ4v) is 4.27. The number of hydrogen-bond acceptors (Lipinski definition) is 11. The zero-order chi connectivity index (χ0) is 24.3. The number of aliphatic hydroxyl groups is 4. The largest absolute Gasteiger partial charge is 0.394 e. The van der Waals surface area contributed by atoms with Gasteiger partial charge in [-0.15, -0.1) is 0 Å². The molecule has 0 aromatic carbocycles. The molecule has 3 saturated heterocycles. The van der Waals surface area contributed by atoms with Crippen LogP contribution in [0.4, 0.5) is 0 Å². The van der Waals surface area contributed by atoms with Crippen molar-refractivity contribution in [3.8, 4) is 0 Å². The van der Waals surface area contributed by atoms with E-state index in [4.69, 9.17) is 28.4 Å². The lowest BCUT2D eigenvalue weighted by atomic mass is 9.97. The summed E-state index contributed by atoms with van der Waals surface area (Å²) in [7, 11) is 0. The number of rotatable bonds is 10. The third-order valence-electron chi connectivity index (χ3n) is 5.90. The summed E-state index contributed by atoms with van der Waals surface area (Å²) in [4.78, 5) is 11.6. The van der Waals surface area contributed by atoms with E-state index in [0.717, 1.165) is 12.8 Å². The quantitative estimate of drug-likeness (QED) is 0.228. The van der Waals surface area contributed by atoms with Crippen LogP contribution in [0.3, 0.4) is 0 Å². The van der Waals surface area contributed by atoms with Gasteiger partial charge in [-0.1, -0.05) is 13.3 Å². The van der Waals surface area contributed by atoms with Crippen molar-refractivity contribution >= 4 is 5.91 Å². The van der Waals surface area contributed by atoms with E-state index in [9.17, 15) is 25.2 Å². The van der Waals surface area contributed by atoms with E-state index >= 15 is 0 Å². The molecule has 3 rings (SSSR count). The zero-order valence-corrected chi connectivity index (χ0v) is 19.5. The van der Waals surface area contributed by atoms with E-state index in [1.165, 1.54) is 6.92 Å². The lowest BCUT2D eigenvalue weighted by Crippen LogP contribution is -2.64. The molecule has 12 heteroatoms. The number of aliphatic hydroxyl groups excluding tert-OH is 4. The van der Waals surface area contributed by atoms with Crippen molar-refractivity contribution in [2.75, 3.05) is 19.8 Å². The van der Waals surface area contributed by atoms with Crippen molar-refractivity contribution in [3.05, 3.63) is 0 Å². The first kappa shape index (κ1) is 26.7. The average Bonchev–Trinajstić information content (AvgIpc) is 3.22. The molecule has 3 aliphatic heterocycles. The Kier molecular flexibility index (Phi) is 9.06. The third-order valence-corrected chi connectivity index (χ3v) is 5.90. The van der Waals surface area contributed by atoms with E-state index in [2.05, 4.69) is 5.32 Å². The minimum atomic E-state index is -1.45. The highest BCUT2D eigenvalue weighted by Crippen LogP contribution is 2.40. The average molecular weight is 480 g/mol. The molecule has 0 bridgehead atoms. The fraction of sp³-hybridized carbons (Fsp3) is 0.952. The first-order valence-electron chi connectivity index (χ1n) is 11.4. The van der Waals surface area contributed by atoms with Crippen LogP contribution in [0.5, 0.6) is 0 Å². The molecule has 0 saturated carbocycles. The minimum absolute atomic E-state index is 0.303. The highest BCUT2D eigenvalue weighted by atomic mass is 16.8. The van der Waals surface area contributed by atoms with Crippen LogP contribution in [0, 0.1) is 0 Å². The summed E-state index contributed by atoms with van der Waals surface area (Å²) in [5.41, 5.74) is 0. The molecular weight excluding hydrogens is 442 g/mol. The van der Waals surface area contributed by atoms with Crippen LogP contribution in [-0.4, -0.2) is 113 Å². The maximum Gasteiger partial charge on any atom is 0.217 e. The lowest BCUT2D eigenvalue weighted by Gasteiger charge is -2.42. The molecule has 0 radical (unpaired) electrons. The third kappa shape index (κ3) is 6.20. The van der Waals surface area contributed by atoms with Gasteiger partial charge in [0.2, 0.25) is 5.91 Å². The van der Waals surface area contributed by atoms with Gasteiger partial charge in [0.15, 0.2) is 18.4 Å². The molecular formula is C21H37NO11. The Balaban J connectivity index is 1.65. The Hall–Kier alpha value is -0.930. The molecule has 33 heavy (non-hydrogen) atoms. The van der Waals surface area contributed by atoms with Crippen molar-refractivity contribution in [2.24, 2.45) is 0 Å². The summed E-state index contributed by atoms with van der Waals surface area (Å²) in [6.07, 6.45) is -7.30. The second kappa shape index (κ2) is 11.2. The first-order chi connectivity index (χ1) is 15.6. The molecule has 0 aromatic rings. The number of carbonyl (C=O) groups is 1. The van der Waals surface area contributed by atoms with Gasteiger partial charge >= 0.3 is 0 Å².